The molecule has 2 saturated heterocycles. The minimum Gasteiger partial charge on any atom is -0.316 e. The van der Waals surface area contributed by atoms with Gasteiger partial charge in [-0.3, -0.25) is 0 Å². The molecule has 7 heteroatoms. The molecule has 1 aromatic rings. The summed E-state index contributed by atoms with van der Waals surface area (Å²) in [6, 6.07) is 4.52. The SMILES string of the molecule is O=S(=O)(c1ccc(Cl)c(Cl)c1)N1CCCC2(CCCNC2)C1. The number of hydrogen-bond acceptors (Lipinski definition) is 3. The molecule has 0 amide bonds. The minimum absolute atomic E-state index is 0.0831. The Balaban J connectivity index is 1.86. The molecule has 2 fully saturated rings. The van der Waals surface area contributed by atoms with Gasteiger partial charge in [-0.15, -0.1) is 0 Å². The smallest absolute Gasteiger partial charge is 0.243 e. The first-order chi connectivity index (χ1) is 10.4. The normalized spacial score (nSPS) is 27.2. The second kappa shape index (κ2) is 6.29. The van der Waals surface area contributed by atoms with Crippen LogP contribution in [0.3, 0.4) is 0 Å². The molecule has 2 aliphatic heterocycles. The van der Waals surface area contributed by atoms with Crippen molar-refractivity contribution in [2.45, 2.75) is 30.6 Å². The number of piperidine rings is 2. The van der Waals surface area contributed by atoms with Gasteiger partial charge in [0.1, 0.15) is 0 Å². The highest BCUT2D eigenvalue weighted by Crippen LogP contribution is 2.38. The molecule has 0 bridgehead atoms. The van der Waals surface area contributed by atoms with E-state index in [-0.39, 0.29) is 15.3 Å². The van der Waals surface area contributed by atoms with E-state index in [1.165, 1.54) is 12.1 Å². The predicted octanol–water partition coefficient (Wildman–Crippen LogP) is 3.15. The summed E-state index contributed by atoms with van der Waals surface area (Å²) in [6.07, 6.45) is 4.20. The van der Waals surface area contributed by atoms with E-state index in [1.54, 1.807) is 10.4 Å². The monoisotopic (exact) mass is 362 g/mol. The average molecular weight is 363 g/mol. The van der Waals surface area contributed by atoms with Gasteiger partial charge in [-0.05, 0) is 55.8 Å². The summed E-state index contributed by atoms with van der Waals surface area (Å²) >= 11 is 11.9. The topological polar surface area (TPSA) is 49.4 Å². The van der Waals surface area contributed by atoms with Gasteiger partial charge in [0.15, 0.2) is 0 Å². The van der Waals surface area contributed by atoms with Crippen molar-refractivity contribution in [1.29, 1.82) is 0 Å². The van der Waals surface area contributed by atoms with Crippen LogP contribution in [0.1, 0.15) is 25.7 Å². The Morgan fingerprint density at radius 1 is 1.14 bits per heavy atom. The van der Waals surface area contributed by atoms with Crippen molar-refractivity contribution in [1.82, 2.24) is 9.62 Å². The molecule has 0 radical (unpaired) electrons. The van der Waals surface area contributed by atoms with Gasteiger partial charge in [0.25, 0.3) is 0 Å². The molecule has 1 unspecified atom stereocenters. The summed E-state index contributed by atoms with van der Waals surface area (Å²) in [7, 11) is -3.51. The van der Waals surface area contributed by atoms with E-state index >= 15 is 0 Å². The average Bonchev–Trinajstić information content (AvgIpc) is 2.51. The maximum absolute atomic E-state index is 12.9. The van der Waals surface area contributed by atoms with Crippen LogP contribution in [0, 0.1) is 5.41 Å². The molecule has 122 valence electrons. The third-order valence-electron chi connectivity index (χ3n) is 4.72. The molecular formula is C15H20Cl2N2O2S. The zero-order valence-electron chi connectivity index (χ0n) is 12.3. The molecule has 3 rings (SSSR count). The second-order valence-electron chi connectivity index (χ2n) is 6.30. The summed E-state index contributed by atoms with van der Waals surface area (Å²) in [5.74, 6) is 0. The zero-order chi connectivity index (χ0) is 15.8. The Bertz CT molecular complexity index is 652. The van der Waals surface area contributed by atoms with Crippen LogP contribution in [0.4, 0.5) is 0 Å². The van der Waals surface area contributed by atoms with E-state index in [4.69, 9.17) is 23.2 Å². The predicted molar refractivity (Wildman–Crippen MR) is 89.0 cm³/mol. The lowest BCUT2D eigenvalue weighted by Crippen LogP contribution is -2.52. The Labute approximate surface area is 141 Å². The van der Waals surface area contributed by atoms with Crippen LogP contribution in [0.5, 0.6) is 0 Å². The van der Waals surface area contributed by atoms with E-state index in [2.05, 4.69) is 5.32 Å². The molecule has 1 aromatic carbocycles. The van der Waals surface area contributed by atoms with E-state index in [0.717, 1.165) is 38.8 Å². The molecule has 1 atom stereocenters. The Morgan fingerprint density at radius 3 is 2.59 bits per heavy atom. The van der Waals surface area contributed by atoms with E-state index in [0.29, 0.717) is 18.1 Å². The quantitative estimate of drug-likeness (QED) is 0.878. The van der Waals surface area contributed by atoms with E-state index < -0.39 is 10.0 Å². The molecular weight excluding hydrogens is 343 g/mol. The molecule has 0 saturated carbocycles. The molecule has 0 aliphatic carbocycles. The summed E-state index contributed by atoms with van der Waals surface area (Å²) in [5, 5.41) is 4.05. The van der Waals surface area contributed by atoms with Crippen LogP contribution in [0.2, 0.25) is 10.0 Å². The maximum atomic E-state index is 12.9. The second-order valence-corrected chi connectivity index (χ2v) is 9.05. The number of benzene rings is 1. The Hall–Kier alpha value is -0.330. The maximum Gasteiger partial charge on any atom is 0.243 e. The van der Waals surface area contributed by atoms with E-state index in [1.807, 2.05) is 0 Å². The van der Waals surface area contributed by atoms with Crippen molar-refractivity contribution in [2.24, 2.45) is 5.41 Å². The van der Waals surface area contributed by atoms with Gasteiger partial charge in [-0.1, -0.05) is 23.2 Å². The summed E-state index contributed by atoms with van der Waals surface area (Å²) in [6.45, 7) is 3.09. The van der Waals surface area contributed by atoms with Crippen molar-refractivity contribution >= 4 is 33.2 Å². The molecule has 22 heavy (non-hydrogen) atoms. The highest BCUT2D eigenvalue weighted by atomic mass is 35.5. The number of nitrogens with one attached hydrogen (secondary N) is 1. The Morgan fingerprint density at radius 2 is 1.91 bits per heavy atom. The van der Waals surface area contributed by atoms with Crippen molar-refractivity contribution in [3.8, 4) is 0 Å². The van der Waals surface area contributed by atoms with E-state index in [9.17, 15) is 8.42 Å². The van der Waals surface area contributed by atoms with Crippen LogP contribution in [0.25, 0.3) is 0 Å². The number of rotatable bonds is 2. The fourth-order valence-electron chi connectivity index (χ4n) is 3.53. The number of nitrogens with zero attached hydrogens (tertiary/aromatic N) is 1. The lowest BCUT2D eigenvalue weighted by molar-refractivity contribution is 0.110. The van der Waals surface area contributed by atoms with Gasteiger partial charge in [-0.2, -0.15) is 4.31 Å². The van der Waals surface area contributed by atoms with Gasteiger partial charge in [0, 0.05) is 19.6 Å². The third kappa shape index (κ3) is 3.15. The molecule has 4 nitrogen and oxygen atoms in total. The summed E-state index contributed by atoms with van der Waals surface area (Å²) in [4.78, 5) is 0.225. The van der Waals surface area contributed by atoms with Crippen LogP contribution in [-0.4, -0.2) is 38.9 Å². The lowest BCUT2D eigenvalue weighted by Gasteiger charge is -2.44. The zero-order valence-corrected chi connectivity index (χ0v) is 14.6. The van der Waals surface area contributed by atoms with Crippen molar-refractivity contribution in [3.05, 3.63) is 28.2 Å². The van der Waals surface area contributed by atoms with Crippen molar-refractivity contribution in [3.63, 3.8) is 0 Å². The lowest BCUT2D eigenvalue weighted by atomic mass is 9.75. The van der Waals surface area contributed by atoms with Gasteiger partial charge >= 0.3 is 0 Å². The molecule has 1 spiro atoms. The summed E-state index contributed by atoms with van der Waals surface area (Å²) in [5.41, 5.74) is 0.0831. The number of hydrogen-bond donors (Lipinski definition) is 1. The first kappa shape index (κ1) is 16.5. The fraction of sp³-hybridized carbons (Fsp3) is 0.600. The third-order valence-corrected chi connectivity index (χ3v) is 7.30. The molecule has 1 N–H and O–H groups in total. The minimum atomic E-state index is -3.51. The standard InChI is InChI=1S/C15H20Cl2N2O2S/c16-13-4-3-12(9-14(13)17)22(20,21)19-8-2-6-15(11-19)5-1-7-18-10-15/h3-4,9,18H,1-2,5-8,10-11H2. The molecule has 0 aromatic heterocycles. The van der Waals surface area contributed by atoms with Gasteiger partial charge in [-0.25, -0.2) is 8.42 Å². The first-order valence-corrected chi connectivity index (χ1v) is 9.79. The molecule has 2 heterocycles. The number of halogens is 2. The van der Waals surface area contributed by atoms with Crippen LogP contribution >= 0.6 is 23.2 Å². The molecule has 2 aliphatic rings. The van der Waals surface area contributed by atoms with Gasteiger partial charge in [0.2, 0.25) is 10.0 Å². The number of sulfonamides is 1. The van der Waals surface area contributed by atoms with Gasteiger partial charge < -0.3 is 5.32 Å². The highest BCUT2D eigenvalue weighted by molar-refractivity contribution is 7.89. The van der Waals surface area contributed by atoms with Crippen LogP contribution < -0.4 is 5.32 Å². The van der Waals surface area contributed by atoms with Crippen LogP contribution in [-0.2, 0) is 10.0 Å². The highest BCUT2D eigenvalue weighted by Gasteiger charge is 2.40. The Kier molecular flexibility index (Phi) is 4.72. The van der Waals surface area contributed by atoms with Crippen molar-refractivity contribution in [2.75, 3.05) is 26.2 Å². The fourth-order valence-corrected chi connectivity index (χ4v) is 5.51. The summed E-state index contributed by atoms with van der Waals surface area (Å²) < 4.78 is 27.4. The largest absolute Gasteiger partial charge is 0.316 e. The first-order valence-electron chi connectivity index (χ1n) is 7.59. The van der Waals surface area contributed by atoms with Crippen molar-refractivity contribution < 1.29 is 8.42 Å². The van der Waals surface area contributed by atoms with Gasteiger partial charge in [0.05, 0.1) is 14.9 Å². The van der Waals surface area contributed by atoms with Crippen LogP contribution in [0.15, 0.2) is 23.1 Å².